The molecule has 0 fully saturated rings. The number of hydrogen-bond acceptors (Lipinski definition) is 2. The molecular formula is C11H11NO. The van der Waals surface area contributed by atoms with Gasteiger partial charge in [0.05, 0.1) is 12.1 Å². The largest absolute Gasteiger partial charge is 0.380 e. The van der Waals surface area contributed by atoms with E-state index in [9.17, 15) is 0 Å². The summed E-state index contributed by atoms with van der Waals surface area (Å²) in [7, 11) is 1.69. The smallest absolute Gasteiger partial charge is 0.0728 e. The van der Waals surface area contributed by atoms with E-state index in [1.807, 2.05) is 24.4 Å². The molecule has 0 aliphatic heterocycles. The number of fused-ring (bicyclic) bond motifs is 1. The van der Waals surface area contributed by atoms with E-state index in [4.69, 9.17) is 4.74 Å². The van der Waals surface area contributed by atoms with E-state index in [-0.39, 0.29) is 0 Å². The Morgan fingerprint density at radius 1 is 1.31 bits per heavy atom. The maximum absolute atomic E-state index is 5.04. The highest BCUT2D eigenvalue weighted by atomic mass is 16.5. The van der Waals surface area contributed by atoms with Crippen LogP contribution in [0.15, 0.2) is 36.5 Å². The first-order valence-corrected chi connectivity index (χ1v) is 4.23. The predicted molar refractivity (Wildman–Crippen MR) is 52.5 cm³/mol. The van der Waals surface area contributed by atoms with Gasteiger partial charge in [-0.15, -0.1) is 0 Å². The van der Waals surface area contributed by atoms with Crippen molar-refractivity contribution in [1.29, 1.82) is 0 Å². The number of nitrogens with zero attached hydrogens (tertiary/aromatic N) is 1. The lowest BCUT2D eigenvalue weighted by molar-refractivity contribution is 0.185. The standard InChI is InChI=1S/C11H11NO/c1-13-8-9-6-10-4-2-3-5-11(10)12-7-9/h2-7H,8H2,1H3. The Balaban J connectivity index is 2.49. The van der Waals surface area contributed by atoms with Gasteiger partial charge in [-0.05, 0) is 17.7 Å². The van der Waals surface area contributed by atoms with Gasteiger partial charge in [0, 0.05) is 18.7 Å². The van der Waals surface area contributed by atoms with Crippen molar-refractivity contribution < 1.29 is 4.74 Å². The Bertz CT molecular complexity index is 412. The maximum Gasteiger partial charge on any atom is 0.0728 e. The molecule has 0 N–H and O–H groups in total. The summed E-state index contributed by atoms with van der Waals surface area (Å²) in [4.78, 5) is 4.32. The summed E-state index contributed by atoms with van der Waals surface area (Å²) < 4.78 is 5.04. The molecule has 0 atom stereocenters. The molecule has 0 aliphatic carbocycles. The third kappa shape index (κ3) is 1.68. The van der Waals surface area contributed by atoms with Gasteiger partial charge < -0.3 is 4.74 Å². The van der Waals surface area contributed by atoms with Gasteiger partial charge in [0.15, 0.2) is 0 Å². The van der Waals surface area contributed by atoms with Crippen LogP contribution in [0.1, 0.15) is 5.56 Å². The molecule has 1 heterocycles. The SMILES string of the molecule is COCc1cnc2ccccc2c1. The highest BCUT2D eigenvalue weighted by molar-refractivity contribution is 5.78. The van der Waals surface area contributed by atoms with Crippen LogP contribution < -0.4 is 0 Å². The van der Waals surface area contributed by atoms with Gasteiger partial charge >= 0.3 is 0 Å². The van der Waals surface area contributed by atoms with E-state index in [0.717, 1.165) is 16.5 Å². The lowest BCUT2D eigenvalue weighted by atomic mass is 10.2. The lowest BCUT2D eigenvalue weighted by Crippen LogP contribution is -1.88. The molecule has 0 radical (unpaired) electrons. The molecule has 2 aromatic rings. The topological polar surface area (TPSA) is 22.1 Å². The molecule has 0 saturated carbocycles. The zero-order valence-electron chi connectivity index (χ0n) is 7.53. The van der Waals surface area contributed by atoms with E-state index < -0.39 is 0 Å². The van der Waals surface area contributed by atoms with Crippen LogP contribution in [0.25, 0.3) is 10.9 Å². The summed E-state index contributed by atoms with van der Waals surface area (Å²) in [6.45, 7) is 0.623. The number of para-hydroxylation sites is 1. The normalized spacial score (nSPS) is 10.5. The van der Waals surface area contributed by atoms with Crippen LogP contribution in [0.2, 0.25) is 0 Å². The Labute approximate surface area is 77.2 Å². The molecular weight excluding hydrogens is 162 g/mol. The van der Waals surface area contributed by atoms with Crippen molar-refractivity contribution in [1.82, 2.24) is 4.98 Å². The first kappa shape index (κ1) is 8.20. The molecule has 2 rings (SSSR count). The highest BCUT2D eigenvalue weighted by Gasteiger charge is 1.95. The zero-order chi connectivity index (χ0) is 9.10. The minimum absolute atomic E-state index is 0.623. The van der Waals surface area contributed by atoms with Crippen molar-refractivity contribution in [2.45, 2.75) is 6.61 Å². The van der Waals surface area contributed by atoms with Crippen molar-refractivity contribution in [2.24, 2.45) is 0 Å². The molecule has 2 heteroatoms. The Hall–Kier alpha value is -1.41. The van der Waals surface area contributed by atoms with Crippen LogP contribution in [-0.4, -0.2) is 12.1 Å². The van der Waals surface area contributed by atoms with Gasteiger partial charge in [-0.3, -0.25) is 4.98 Å². The molecule has 0 saturated heterocycles. The second-order valence-corrected chi connectivity index (χ2v) is 2.97. The van der Waals surface area contributed by atoms with Crippen LogP contribution in [-0.2, 0) is 11.3 Å². The number of methoxy groups -OCH3 is 1. The first-order valence-electron chi connectivity index (χ1n) is 4.23. The Morgan fingerprint density at radius 2 is 2.15 bits per heavy atom. The average Bonchev–Trinajstić information content (AvgIpc) is 2.18. The van der Waals surface area contributed by atoms with Gasteiger partial charge in [0.1, 0.15) is 0 Å². The third-order valence-corrected chi connectivity index (χ3v) is 1.96. The molecule has 0 bridgehead atoms. The van der Waals surface area contributed by atoms with E-state index in [0.29, 0.717) is 6.61 Å². The minimum atomic E-state index is 0.623. The average molecular weight is 173 g/mol. The summed E-state index contributed by atoms with van der Waals surface area (Å²) in [6.07, 6.45) is 1.85. The van der Waals surface area contributed by atoms with Gasteiger partial charge in [-0.2, -0.15) is 0 Å². The fraction of sp³-hybridized carbons (Fsp3) is 0.182. The molecule has 1 aromatic heterocycles. The van der Waals surface area contributed by atoms with Crippen molar-refractivity contribution in [3.63, 3.8) is 0 Å². The second-order valence-electron chi connectivity index (χ2n) is 2.97. The molecule has 2 nitrogen and oxygen atoms in total. The summed E-state index contributed by atoms with van der Waals surface area (Å²) in [5.74, 6) is 0. The summed E-state index contributed by atoms with van der Waals surface area (Å²) >= 11 is 0. The van der Waals surface area contributed by atoms with Crippen LogP contribution in [0, 0.1) is 0 Å². The molecule has 13 heavy (non-hydrogen) atoms. The third-order valence-electron chi connectivity index (χ3n) is 1.96. The number of hydrogen-bond donors (Lipinski definition) is 0. The minimum Gasteiger partial charge on any atom is -0.380 e. The monoisotopic (exact) mass is 173 g/mol. The molecule has 0 unspecified atom stereocenters. The molecule has 1 aromatic carbocycles. The fourth-order valence-corrected chi connectivity index (χ4v) is 1.36. The van der Waals surface area contributed by atoms with E-state index in [1.54, 1.807) is 7.11 Å². The second kappa shape index (κ2) is 3.54. The number of benzene rings is 1. The Kier molecular flexibility index (Phi) is 2.23. The molecule has 0 aliphatic rings. The molecule has 66 valence electrons. The van der Waals surface area contributed by atoms with Crippen LogP contribution in [0.4, 0.5) is 0 Å². The zero-order valence-corrected chi connectivity index (χ0v) is 7.53. The van der Waals surface area contributed by atoms with Crippen molar-refractivity contribution in [3.05, 3.63) is 42.1 Å². The van der Waals surface area contributed by atoms with E-state index in [1.165, 1.54) is 0 Å². The quantitative estimate of drug-likeness (QED) is 0.695. The number of pyridine rings is 1. The predicted octanol–water partition coefficient (Wildman–Crippen LogP) is 2.38. The van der Waals surface area contributed by atoms with Crippen LogP contribution in [0.3, 0.4) is 0 Å². The van der Waals surface area contributed by atoms with Gasteiger partial charge in [-0.25, -0.2) is 0 Å². The fourth-order valence-electron chi connectivity index (χ4n) is 1.36. The first-order chi connectivity index (χ1) is 6.40. The van der Waals surface area contributed by atoms with Crippen molar-refractivity contribution in [2.75, 3.05) is 7.11 Å². The van der Waals surface area contributed by atoms with Crippen molar-refractivity contribution >= 4 is 10.9 Å². The maximum atomic E-state index is 5.04. The number of rotatable bonds is 2. The van der Waals surface area contributed by atoms with Crippen molar-refractivity contribution in [3.8, 4) is 0 Å². The highest BCUT2D eigenvalue weighted by Crippen LogP contribution is 2.12. The summed E-state index contributed by atoms with van der Waals surface area (Å²) in [6, 6.07) is 10.2. The van der Waals surface area contributed by atoms with Crippen LogP contribution >= 0.6 is 0 Å². The van der Waals surface area contributed by atoms with Gasteiger partial charge in [0.25, 0.3) is 0 Å². The molecule has 0 spiro atoms. The Morgan fingerprint density at radius 3 is 3.00 bits per heavy atom. The van der Waals surface area contributed by atoms with E-state index in [2.05, 4.69) is 17.1 Å². The lowest BCUT2D eigenvalue weighted by Gasteiger charge is -2.00. The summed E-state index contributed by atoms with van der Waals surface area (Å²) in [5, 5.41) is 1.16. The van der Waals surface area contributed by atoms with E-state index >= 15 is 0 Å². The van der Waals surface area contributed by atoms with Crippen LogP contribution in [0.5, 0.6) is 0 Å². The summed E-state index contributed by atoms with van der Waals surface area (Å²) in [5.41, 5.74) is 2.14. The number of aromatic nitrogens is 1. The number of ether oxygens (including phenoxy) is 1. The van der Waals surface area contributed by atoms with Gasteiger partial charge in [0.2, 0.25) is 0 Å². The molecule has 0 amide bonds. The van der Waals surface area contributed by atoms with Gasteiger partial charge in [-0.1, -0.05) is 18.2 Å².